The molecule has 0 unspecified atom stereocenters. The van der Waals surface area contributed by atoms with Crippen LogP contribution in [0.3, 0.4) is 0 Å². The van der Waals surface area contributed by atoms with Crippen molar-refractivity contribution >= 4 is 11.7 Å². The molecule has 0 amide bonds. The summed E-state index contributed by atoms with van der Waals surface area (Å²) in [5.74, 6) is 0.0744. The number of allylic oxidation sites excluding steroid dienone is 3. The Labute approximate surface area is 145 Å². The summed E-state index contributed by atoms with van der Waals surface area (Å²) >= 11 is 0. The van der Waals surface area contributed by atoms with Gasteiger partial charge in [0.2, 0.25) is 0 Å². The molecule has 128 valence electrons. The van der Waals surface area contributed by atoms with Gasteiger partial charge in [-0.3, -0.25) is 4.99 Å². The third kappa shape index (κ3) is 4.82. The van der Waals surface area contributed by atoms with Crippen LogP contribution in [0.25, 0.3) is 0 Å². The molecule has 0 aromatic heterocycles. The Bertz CT molecular complexity index is 687. The highest BCUT2D eigenvalue weighted by Gasteiger charge is 2.17. The Balaban J connectivity index is 2.04. The van der Waals surface area contributed by atoms with Crippen molar-refractivity contribution in [3.63, 3.8) is 0 Å². The van der Waals surface area contributed by atoms with Crippen LogP contribution in [0.15, 0.2) is 57.3 Å². The summed E-state index contributed by atoms with van der Waals surface area (Å²) in [4.78, 5) is 8.71. The van der Waals surface area contributed by atoms with Crippen molar-refractivity contribution in [1.29, 1.82) is 0 Å². The zero-order chi connectivity index (χ0) is 17.5. The molecular formula is C20H28N4. The van der Waals surface area contributed by atoms with Crippen molar-refractivity contribution in [3.8, 4) is 0 Å². The first-order valence-electron chi connectivity index (χ1n) is 8.63. The van der Waals surface area contributed by atoms with Crippen molar-refractivity contribution in [2.24, 2.45) is 21.5 Å². The first-order chi connectivity index (χ1) is 11.5. The fraction of sp³-hybridized carbons (Fsp3) is 0.400. The molecule has 0 fully saturated rings. The predicted molar refractivity (Wildman–Crippen MR) is 103 cm³/mol. The van der Waals surface area contributed by atoms with Gasteiger partial charge in [0.1, 0.15) is 0 Å². The molecule has 0 bridgehead atoms. The van der Waals surface area contributed by atoms with Gasteiger partial charge in [-0.05, 0) is 49.0 Å². The Hall–Kier alpha value is -2.36. The van der Waals surface area contributed by atoms with Gasteiger partial charge in [-0.2, -0.15) is 0 Å². The first kappa shape index (κ1) is 18.0. The molecule has 1 heterocycles. The number of aryl methyl sites for hydroxylation is 1. The monoisotopic (exact) mass is 324 g/mol. The molecule has 1 aromatic rings. The SMILES string of the molecule is CCCCCc1ccc(C2=NC(C)=C(/C(C)=C/N=C(N)N)C2)cc1. The Morgan fingerprint density at radius 3 is 2.54 bits per heavy atom. The summed E-state index contributed by atoms with van der Waals surface area (Å²) in [5.41, 5.74) is 17.8. The minimum absolute atomic E-state index is 0.0744. The number of nitrogens with two attached hydrogens (primary N) is 2. The number of unbranched alkanes of at least 4 members (excludes halogenated alkanes) is 2. The highest BCUT2D eigenvalue weighted by molar-refractivity contribution is 6.04. The second-order valence-corrected chi connectivity index (χ2v) is 6.32. The van der Waals surface area contributed by atoms with E-state index in [1.165, 1.54) is 36.0 Å². The largest absolute Gasteiger partial charge is 0.370 e. The van der Waals surface area contributed by atoms with Gasteiger partial charge in [-0.25, -0.2) is 4.99 Å². The van der Waals surface area contributed by atoms with Gasteiger partial charge in [0, 0.05) is 18.3 Å². The number of nitrogens with zero attached hydrogens (tertiary/aromatic N) is 2. The average Bonchev–Trinajstić information content (AvgIpc) is 2.95. The van der Waals surface area contributed by atoms with Gasteiger partial charge in [0.25, 0.3) is 0 Å². The zero-order valence-corrected chi connectivity index (χ0v) is 15.0. The molecule has 0 atom stereocenters. The van der Waals surface area contributed by atoms with Crippen molar-refractivity contribution in [2.75, 3.05) is 0 Å². The second-order valence-electron chi connectivity index (χ2n) is 6.32. The summed E-state index contributed by atoms with van der Waals surface area (Å²) in [6.45, 7) is 6.28. The highest BCUT2D eigenvalue weighted by Crippen LogP contribution is 2.28. The van der Waals surface area contributed by atoms with E-state index in [0.29, 0.717) is 0 Å². The molecular weight excluding hydrogens is 296 g/mol. The molecule has 0 aliphatic carbocycles. The topological polar surface area (TPSA) is 76.8 Å². The van der Waals surface area contributed by atoms with E-state index in [1.807, 2.05) is 13.8 Å². The van der Waals surface area contributed by atoms with Crippen LogP contribution >= 0.6 is 0 Å². The van der Waals surface area contributed by atoms with E-state index < -0.39 is 0 Å². The van der Waals surface area contributed by atoms with Crippen LogP contribution in [0, 0.1) is 0 Å². The van der Waals surface area contributed by atoms with Gasteiger partial charge in [0.15, 0.2) is 5.96 Å². The fourth-order valence-electron chi connectivity index (χ4n) is 2.89. The zero-order valence-electron chi connectivity index (χ0n) is 15.0. The maximum atomic E-state index is 5.39. The predicted octanol–water partition coefficient (Wildman–Crippen LogP) is 4.06. The normalized spacial score (nSPS) is 14.8. The lowest BCUT2D eigenvalue weighted by molar-refractivity contribution is 0.717. The van der Waals surface area contributed by atoms with E-state index in [-0.39, 0.29) is 5.96 Å². The van der Waals surface area contributed by atoms with E-state index >= 15 is 0 Å². The molecule has 0 spiro atoms. The molecule has 4 nitrogen and oxygen atoms in total. The van der Waals surface area contributed by atoms with E-state index in [4.69, 9.17) is 16.5 Å². The number of hydrogen-bond acceptors (Lipinski definition) is 2. The van der Waals surface area contributed by atoms with Gasteiger partial charge >= 0.3 is 0 Å². The minimum atomic E-state index is 0.0744. The van der Waals surface area contributed by atoms with Crippen LogP contribution in [0.4, 0.5) is 0 Å². The standard InChI is InChI=1S/C20H28N4/c1-4-5-6-7-16-8-10-17(11-9-16)19-12-18(15(3)24-19)14(2)13-23-20(21)22/h8-11,13H,4-7,12H2,1-3H3,(H4,21,22,23)/b14-13+. The molecule has 0 saturated carbocycles. The summed E-state index contributed by atoms with van der Waals surface area (Å²) in [7, 11) is 0. The van der Waals surface area contributed by atoms with Crippen LogP contribution in [0.5, 0.6) is 0 Å². The van der Waals surface area contributed by atoms with Gasteiger partial charge in [0.05, 0.1) is 5.71 Å². The minimum Gasteiger partial charge on any atom is -0.370 e. The number of hydrogen-bond donors (Lipinski definition) is 2. The molecule has 24 heavy (non-hydrogen) atoms. The highest BCUT2D eigenvalue weighted by atomic mass is 15.0. The van der Waals surface area contributed by atoms with Crippen LogP contribution in [0.2, 0.25) is 0 Å². The fourth-order valence-corrected chi connectivity index (χ4v) is 2.89. The summed E-state index contributed by atoms with van der Waals surface area (Å²) in [5, 5.41) is 0. The summed E-state index contributed by atoms with van der Waals surface area (Å²) in [6.07, 6.45) is 7.50. The lowest BCUT2D eigenvalue weighted by Crippen LogP contribution is -2.21. The van der Waals surface area contributed by atoms with Gasteiger partial charge < -0.3 is 11.5 Å². The lowest BCUT2D eigenvalue weighted by Gasteiger charge is -2.06. The summed E-state index contributed by atoms with van der Waals surface area (Å²) in [6, 6.07) is 8.82. The molecule has 0 saturated heterocycles. The van der Waals surface area contributed by atoms with E-state index in [0.717, 1.165) is 29.8 Å². The Morgan fingerprint density at radius 1 is 1.21 bits per heavy atom. The molecule has 2 rings (SSSR count). The molecule has 1 aliphatic rings. The molecule has 4 N–H and O–H groups in total. The first-order valence-corrected chi connectivity index (χ1v) is 8.63. The van der Waals surface area contributed by atoms with Gasteiger partial charge in [-0.1, -0.05) is 44.0 Å². The maximum Gasteiger partial charge on any atom is 0.190 e. The van der Waals surface area contributed by atoms with Crippen molar-refractivity contribution in [1.82, 2.24) is 0 Å². The number of rotatable bonds is 7. The van der Waals surface area contributed by atoms with Crippen LogP contribution in [-0.2, 0) is 6.42 Å². The quantitative estimate of drug-likeness (QED) is 0.451. The van der Waals surface area contributed by atoms with E-state index in [9.17, 15) is 0 Å². The molecule has 1 aliphatic heterocycles. The lowest BCUT2D eigenvalue weighted by atomic mass is 9.98. The number of benzene rings is 1. The molecule has 1 aromatic carbocycles. The van der Waals surface area contributed by atoms with Gasteiger partial charge in [-0.15, -0.1) is 0 Å². The van der Waals surface area contributed by atoms with Crippen molar-refractivity contribution in [2.45, 2.75) is 52.9 Å². The molecule has 4 heteroatoms. The van der Waals surface area contributed by atoms with Crippen LogP contribution < -0.4 is 11.5 Å². The van der Waals surface area contributed by atoms with Crippen LogP contribution in [-0.4, -0.2) is 11.7 Å². The van der Waals surface area contributed by atoms with E-state index in [1.54, 1.807) is 6.20 Å². The number of aliphatic imine (C=N–C) groups is 2. The number of guanidine groups is 1. The van der Waals surface area contributed by atoms with Crippen molar-refractivity contribution in [3.05, 3.63) is 58.4 Å². The third-order valence-electron chi connectivity index (χ3n) is 4.32. The smallest absolute Gasteiger partial charge is 0.190 e. The second kappa shape index (κ2) is 8.48. The summed E-state index contributed by atoms with van der Waals surface area (Å²) < 4.78 is 0. The van der Waals surface area contributed by atoms with E-state index in [2.05, 4.69) is 36.2 Å². The Kier molecular flexibility index (Phi) is 6.36. The Morgan fingerprint density at radius 2 is 1.92 bits per heavy atom. The average molecular weight is 324 g/mol. The van der Waals surface area contributed by atoms with Crippen LogP contribution in [0.1, 0.15) is 57.6 Å². The van der Waals surface area contributed by atoms with Crippen molar-refractivity contribution < 1.29 is 0 Å². The maximum absolute atomic E-state index is 5.39. The molecule has 0 radical (unpaired) electrons. The third-order valence-corrected chi connectivity index (χ3v) is 4.32.